The third kappa shape index (κ3) is 2.28. The van der Waals surface area contributed by atoms with Gasteiger partial charge in [-0.1, -0.05) is 6.08 Å². The Morgan fingerprint density at radius 1 is 1.90 bits per heavy atom. The molecule has 1 rings (SSSR count). The zero-order chi connectivity index (χ0) is 7.40. The van der Waals surface area contributed by atoms with Crippen molar-refractivity contribution in [3.05, 3.63) is 17.1 Å². The number of hydrogen-bond donors (Lipinski definition) is 0. The Balaban J connectivity index is 2.49. The molecule has 1 N–H and O–H groups in total. The summed E-state index contributed by atoms with van der Waals surface area (Å²) in [6.45, 7) is 3.59. The largest absolute Gasteiger partial charge is 0.373 e. The molecule has 0 bridgehead atoms. The average Bonchev–Trinajstić information content (AvgIpc) is 2.31. The van der Waals surface area contributed by atoms with Gasteiger partial charge in [0, 0.05) is 10.1 Å². The molecular weight excluding hydrogens is 188 g/mol. The second kappa shape index (κ2) is 3.95. The van der Waals surface area contributed by atoms with E-state index >= 15 is 0 Å². The molecule has 0 aromatic carbocycles. The molecule has 0 aliphatic rings. The minimum absolute atomic E-state index is 0.617. The molecule has 0 aliphatic carbocycles. The van der Waals surface area contributed by atoms with E-state index in [1.165, 1.54) is 11.5 Å². The molecule has 0 saturated heterocycles. The SMILES string of the molecule is C=CCSc1nsc(Cl)[nH+]1. The zero-order valence-corrected chi connectivity index (χ0v) is 7.52. The minimum Gasteiger partial charge on any atom is -0.209 e. The van der Waals surface area contributed by atoms with Crippen molar-refractivity contribution in [1.29, 1.82) is 0 Å². The normalized spacial score (nSPS) is 9.70. The Morgan fingerprint density at radius 2 is 2.70 bits per heavy atom. The van der Waals surface area contributed by atoms with Gasteiger partial charge in [0.05, 0.1) is 0 Å². The van der Waals surface area contributed by atoms with Crippen LogP contribution in [0.3, 0.4) is 0 Å². The molecule has 0 radical (unpaired) electrons. The molecule has 0 amide bonds. The lowest BCUT2D eigenvalue weighted by Crippen LogP contribution is -2.00. The van der Waals surface area contributed by atoms with Crippen LogP contribution in [0.15, 0.2) is 17.8 Å². The first-order valence-electron chi connectivity index (χ1n) is 2.61. The smallest absolute Gasteiger partial charge is 0.209 e. The van der Waals surface area contributed by atoms with Crippen molar-refractivity contribution in [3.63, 3.8) is 0 Å². The van der Waals surface area contributed by atoms with E-state index in [-0.39, 0.29) is 0 Å². The number of aromatic amines is 1. The number of aromatic nitrogens is 2. The lowest BCUT2D eigenvalue weighted by Gasteiger charge is -1.78. The molecule has 54 valence electrons. The van der Waals surface area contributed by atoms with E-state index in [2.05, 4.69) is 15.9 Å². The summed E-state index contributed by atoms with van der Waals surface area (Å²) in [4.78, 5) is 2.90. The van der Waals surface area contributed by atoms with E-state index in [1.807, 2.05) is 6.08 Å². The third-order valence-corrected chi connectivity index (χ3v) is 2.57. The highest BCUT2D eigenvalue weighted by Crippen LogP contribution is 2.14. The molecule has 1 aromatic heterocycles. The van der Waals surface area contributed by atoms with Gasteiger partial charge in [0.2, 0.25) is 0 Å². The van der Waals surface area contributed by atoms with E-state index in [9.17, 15) is 0 Å². The van der Waals surface area contributed by atoms with Crippen molar-refractivity contribution < 1.29 is 4.98 Å². The van der Waals surface area contributed by atoms with Gasteiger partial charge in [-0.3, -0.25) is 0 Å². The number of thioether (sulfide) groups is 1. The van der Waals surface area contributed by atoms with Gasteiger partial charge in [-0.05, 0) is 23.4 Å². The minimum atomic E-state index is 0.617. The second-order valence-corrected chi connectivity index (χ2v) is 3.87. The van der Waals surface area contributed by atoms with E-state index in [4.69, 9.17) is 11.6 Å². The van der Waals surface area contributed by atoms with Crippen LogP contribution in [0.5, 0.6) is 0 Å². The lowest BCUT2D eigenvalue weighted by atomic mass is 10.8. The molecule has 0 saturated carbocycles. The highest BCUT2D eigenvalue weighted by molar-refractivity contribution is 7.99. The highest BCUT2D eigenvalue weighted by Gasteiger charge is 2.09. The van der Waals surface area contributed by atoms with E-state index < -0.39 is 0 Å². The van der Waals surface area contributed by atoms with Crippen LogP contribution in [-0.2, 0) is 0 Å². The first-order valence-corrected chi connectivity index (χ1v) is 4.75. The van der Waals surface area contributed by atoms with Crippen LogP contribution < -0.4 is 4.98 Å². The second-order valence-electron chi connectivity index (χ2n) is 1.49. The Bertz CT molecular complexity index is 223. The summed E-state index contributed by atoms with van der Waals surface area (Å²) >= 11 is 8.44. The van der Waals surface area contributed by atoms with Gasteiger partial charge in [-0.2, -0.15) is 0 Å². The molecule has 0 unspecified atom stereocenters. The maximum absolute atomic E-state index is 5.60. The molecule has 0 atom stereocenters. The predicted molar refractivity (Wildman–Crippen MR) is 44.6 cm³/mol. The lowest BCUT2D eigenvalue weighted by molar-refractivity contribution is -0.421. The topological polar surface area (TPSA) is 27.0 Å². The molecule has 2 nitrogen and oxygen atoms in total. The quantitative estimate of drug-likeness (QED) is 0.542. The zero-order valence-electron chi connectivity index (χ0n) is 5.13. The molecule has 5 heteroatoms. The maximum atomic E-state index is 5.60. The third-order valence-electron chi connectivity index (χ3n) is 0.752. The number of rotatable bonds is 3. The Hall–Kier alpha value is -0.0600. The standard InChI is InChI=1S/C5H5ClN2S2/c1-2-3-9-5-7-4(6)10-8-5/h2H,1,3H2/p+1. The van der Waals surface area contributed by atoms with Crippen molar-refractivity contribution in [2.45, 2.75) is 5.16 Å². The fraction of sp³-hybridized carbons (Fsp3) is 0.200. The first-order chi connectivity index (χ1) is 4.83. The molecule has 10 heavy (non-hydrogen) atoms. The molecule has 0 fully saturated rings. The summed E-state index contributed by atoms with van der Waals surface area (Å²) in [6, 6.07) is 0. The van der Waals surface area contributed by atoms with E-state index in [0.29, 0.717) is 4.47 Å². The Morgan fingerprint density at radius 3 is 3.20 bits per heavy atom. The summed E-state index contributed by atoms with van der Waals surface area (Å²) in [5.74, 6) is 0.858. The van der Waals surface area contributed by atoms with Gasteiger partial charge < -0.3 is 0 Å². The average molecular weight is 194 g/mol. The summed E-state index contributed by atoms with van der Waals surface area (Å²) in [5.41, 5.74) is 0. The molecular formula is C5H6ClN2S2+. The molecule has 1 heterocycles. The van der Waals surface area contributed by atoms with Gasteiger partial charge in [0.25, 0.3) is 4.47 Å². The summed E-state index contributed by atoms with van der Waals surface area (Å²) < 4.78 is 4.64. The summed E-state index contributed by atoms with van der Waals surface area (Å²) in [5, 5.41) is 0.856. The van der Waals surface area contributed by atoms with E-state index in [1.54, 1.807) is 11.8 Å². The molecule has 1 aromatic rings. The van der Waals surface area contributed by atoms with Crippen molar-refractivity contribution >= 4 is 34.9 Å². The van der Waals surface area contributed by atoms with Gasteiger partial charge in [-0.25, -0.2) is 4.98 Å². The summed E-state index contributed by atoms with van der Waals surface area (Å²) in [6.07, 6.45) is 1.83. The molecule has 0 spiro atoms. The maximum Gasteiger partial charge on any atom is 0.373 e. The first kappa shape index (κ1) is 8.04. The number of halogens is 1. The van der Waals surface area contributed by atoms with E-state index in [0.717, 1.165) is 10.9 Å². The van der Waals surface area contributed by atoms with Crippen molar-refractivity contribution in [2.75, 3.05) is 5.75 Å². The van der Waals surface area contributed by atoms with Crippen molar-refractivity contribution in [2.24, 2.45) is 0 Å². The van der Waals surface area contributed by atoms with Crippen LogP contribution in [0.25, 0.3) is 0 Å². The fourth-order valence-corrected chi connectivity index (χ4v) is 1.85. The Kier molecular flexibility index (Phi) is 3.18. The highest BCUT2D eigenvalue weighted by atomic mass is 35.5. The van der Waals surface area contributed by atoms with Crippen LogP contribution in [-0.4, -0.2) is 10.1 Å². The van der Waals surface area contributed by atoms with Crippen LogP contribution in [0.2, 0.25) is 4.47 Å². The van der Waals surface area contributed by atoms with Gasteiger partial charge in [-0.15, -0.1) is 6.58 Å². The Labute approximate surface area is 72.5 Å². The van der Waals surface area contributed by atoms with Crippen molar-refractivity contribution in [3.8, 4) is 0 Å². The molecule has 0 aliphatic heterocycles. The van der Waals surface area contributed by atoms with Crippen LogP contribution in [0, 0.1) is 0 Å². The number of hydrogen-bond acceptors (Lipinski definition) is 3. The van der Waals surface area contributed by atoms with Gasteiger partial charge in [0.1, 0.15) is 0 Å². The van der Waals surface area contributed by atoms with Crippen LogP contribution >= 0.6 is 34.9 Å². The fourth-order valence-electron chi connectivity index (χ4n) is 0.412. The number of H-pyrrole nitrogens is 1. The van der Waals surface area contributed by atoms with Gasteiger partial charge in [0.15, 0.2) is 11.5 Å². The number of nitrogens with one attached hydrogen (secondary N) is 1. The number of nitrogens with zero attached hydrogens (tertiary/aromatic N) is 1. The monoisotopic (exact) mass is 193 g/mol. The van der Waals surface area contributed by atoms with Crippen LogP contribution in [0.4, 0.5) is 0 Å². The van der Waals surface area contributed by atoms with Gasteiger partial charge >= 0.3 is 5.16 Å². The predicted octanol–water partition coefficient (Wildman–Crippen LogP) is 1.89. The van der Waals surface area contributed by atoms with Crippen molar-refractivity contribution in [1.82, 2.24) is 4.37 Å². The van der Waals surface area contributed by atoms with Crippen LogP contribution in [0.1, 0.15) is 0 Å². The summed E-state index contributed by atoms with van der Waals surface area (Å²) in [7, 11) is 0.